The van der Waals surface area contributed by atoms with E-state index in [0.29, 0.717) is 16.9 Å². The van der Waals surface area contributed by atoms with Crippen molar-refractivity contribution in [2.45, 2.75) is 19.4 Å². The van der Waals surface area contributed by atoms with E-state index in [1.165, 1.54) is 23.1 Å². The minimum Gasteiger partial charge on any atom is -0.481 e. The van der Waals surface area contributed by atoms with Crippen molar-refractivity contribution in [2.24, 2.45) is 0 Å². The Hall–Kier alpha value is -2.41. The van der Waals surface area contributed by atoms with E-state index in [9.17, 15) is 14.0 Å². The number of carboxylic acid groups (broad SMARTS) is 1. The number of carbonyl (C=O) groups is 2. The molecule has 0 radical (unpaired) electrons. The van der Waals surface area contributed by atoms with Crippen LogP contribution in [0.4, 0.5) is 4.39 Å². The molecular weight excluding hydrogens is 305 g/mol. The second kappa shape index (κ2) is 7.73. The average Bonchev–Trinajstić information content (AvgIpc) is 2.51. The van der Waals surface area contributed by atoms with Crippen LogP contribution >= 0.6 is 0 Å². The van der Waals surface area contributed by atoms with Crippen LogP contribution in [0, 0.1) is 5.82 Å². The Bertz CT molecular complexity index is 617. The standard InChI is InChI=1S/C16H18FNO5/c1-2-4-18(5-3-15(20)21)14(19)8-11-6-13(17)7-12-9-22-10-23-16(11)12/h2,6-7H,1,3-5,8-10H2,(H,20,21). The number of rotatable bonds is 7. The minimum absolute atomic E-state index is 0.0508. The first-order valence-corrected chi connectivity index (χ1v) is 7.13. The van der Waals surface area contributed by atoms with Crippen molar-refractivity contribution < 1.29 is 28.6 Å². The lowest BCUT2D eigenvalue weighted by molar-refractivity contribution is -0.138. The fourth-order valence-electron chi connectivity index (χ4n) is 2.37. The van der Waals surface area contributed by atoms with Crippen LogP contribution in [0.5, 0.6) is 5.75 Å². The zero-order valence-corrected chi connectivity index (χ0v) is 12.6. The summed E-state index contributed by atoms with van der Waals surface area (Å²) in [5, 5.41) is 8.75. The molecule has 2 rings (SSSR count). The second-order valence-electron chi connectivity index (χ2n) is 5.11. The number of aliphatic carboxylic acids is 1. The normalized spacial score (nSPS) is 12.9. The van der Waals surface area contributed by atoms with Crippen LogP contribution in [-0.2, 0) is 27.4 Å². The van der Waals surface area contributed by atoms with Gasteiger partial charge in [0.25, 0.3) is 0 Å². The van der Waals surface area contributed by atoms with Crippen LogP contribution in [0.15, 0.2) is 24.8 Å². The van der Waals surface area contributed by atoms with Gasteiger partial charge in [-0.15, -0.1) is 6.58 Å². The maximum Gasteiger partial charge on any atom is 0.305 e. The van der Waals surface area contributed by atoms with E-state index in [-0.39, 0.29) is 45.2 Å². The number of halogens is 1. The van der Waals surface area contributed by atoms with Gasteiger partial charge in [0.05, 0.1) is 19.4 Å². The SMILES string of the molecule is C=CCN(CCC(=O)O)C(=O)Cc1cc(F)cc2c1OCOC2. The second-order valence-corrected chi connectivity index (χ2v) is 5.11. The summed E-state index contributed by atoms with van der Waals surface area (Å²) >= 11 is 0. The van der Waals surface area contributed by atoms with Gasteiger partial charge < -0.3 is 19.5 Å². The van der Waals surface area contributed by atoms with Crippen molar-refractivity contribution in [1.29, 1.82) is 0 Å². The Balaban J connectivity index is 2.15. The first-order valence-electron chi connectivity index (χ1n) is 7.13. The van der Waals surface area contributed by atoms with Gasteiger partial charge in [0.1, 0.15) is 11.6 Å². The van der Waals surface area contributed by atoms with Gasteiger partial charge in [0, 0.05) is 24.2 Å². The van der Waals surface area contributed by atoms with Crippen molar-refractivity contribution in [3.05, 3.63) is 41.7 Å². The van der Waals surface area contributed by atoms with E-state index in [2.05, 4.69) is 6.58 Å². The lowest BCUT2D eigenvalue weighted by Gasteiger charge is -2.23. The molecule has 23 heavy (non-hydrogen) atoms. The summed E-state index contributed by atoms with van der Waals surface area (Å²) in [6, 6.07) is 2.57. The van der Waals surface area contributed by atoms with Crippen molar-refractivity contribution in [3.8, 4) is 5.75 Å². The van der Waals surface area contributed by atoms with E-state index in [1.807, 2.05) is 0 Å². The van der Waals surface area contributed by atoms with Crippen LogP contribution in [0.25, 0.3) is 0 Å². The van der Waals surface area contributed by atoms with E-state index in [0.717, 1.165) is 0 Å². The molecule has 0 fully saturated rings. The maximum atomic E-state index is 13.7. The number of hydrogen-bond donors (Lipinski definition) is 1. The number of ether oxygens (including phenoxy) is 2. The van der Waals surface area contributed by atoms with Gasteiger partial charge in [0.2, 0.25) is 5.91 Å². The predicted molar refractivity (Wildman–Crippen MR) is 79.4 cm³/mol. The van der Waals surface area contributed by atoms with Crippen molar-refractivity contribution in [1.82, 2.24) is 4.90 Å². The molecule has 0 saturated carbocycles. The van der Waals surface area contributed by atoms with Crippen molar-refractivity contribution >= 4 is 11.9 Å². The fraction of sp³-hybridized carbons (Fsp3) is 0.375. The Kier molecular flexibility index (Phi) is 5.70. The Morgan fingerprint density at radius 2 is 2.22 bits per heavy atom. The quantitative estimate of drug-likeness (QED) is 0.773. The monoisotopic (exact) mass is 323 g/mol. The summed E-state index contributed by atoms with van der Waals surface area (Å²) in [7, 11) is 0. The number of amides is 1. The predicted octanol–water partition coefficient (Wildman–Crippen LogP) is 1.72. The highest BCUT2D eigenvalue weighted by Crippen LogP contribution is 2.30. The van der Waals surface area contributed by atoms with Gasteiger partial charge in [-0.3, -0.25) is 9.59 Å². The third-order valence-corrected chi connectivity index (χ3v) is 3.39. The minimum atomic E-state index is -0.990. The Labute approximate surface area is 133 Å². The van der Waals surface area contributed by atoms with Gasteiger partial charge in [-0.1, -0.05) is 6.08 Å². The van der Waals surface area contributed by atoms with Gasteiger partial charge in [-0.05, 0) is 12.1 Å². The number of hydrogen-bond acceptors (Lipinski definition) is 4. The van der Waals surface area contributed by atoms with E-state index in [4.69, 9.17) is 14.6 Å². The summed E-state index contributed by atoms with van der Waals surface area (Å²) in [6.45, 7) is 4.14. The van der Waals surface area contributed by atoms with Crippen LogP contribution in [-0.4, -0.2) is 41.8 Å². The zero-order valence-electron chi connectivity index (χ0n) is 12.6. The third-order valence-electron chi connectivity index (χ3n) is 3.39. The molecule has 0 saturated heterocycles. The Morgan fingerprint density at radius 3 is 2.91 bits per heavy atom. The smallest absolute Gasteiger partial charge is 0.305 e. The molecule has 6 nitrogen and oxygen atoms in total. The fourth-order valence-corrected chi connectivity index (χ4v) is 2.37. The van der Waals surface area contributed by atoms with Gasteiger partial charge in [-0.2, -0.15) is 0 Å². The molecule has 1 N–H and O–H groups in total. The number of carboxylic acids is 1. The first-order chi connectivity index (χ1) is 11.0. The van der Waals surface area contributed by atoms with Crippen LogP contribution in [0.1, 0.15) is 17.5 Å². The number of nitrogens with zero attached hydrogens (tertiary/aromatic N) is 1. The molecular formula is C16H18FNO5. The summed E-state index contributed by atoms with van der Waals surface area (Å²) in [5.41, 5.74) is 0.984. The summed E-state index contributed by atoms with van der Waals surface area (Å²) in [5.74, 6) is -1.31. The van der Waals surface area contributed by atoms with Gasteiger partial charge in [-0.25, -0.2) is 4.39 Å². The number of fused-ring (bicyclic) bond motifs is 1. The van der Waals surface area contributed by atoms with Crippen LogP contribution in [0.3, 0.4) is 0 Å². The molecule has 1 heterocycles. The molecule has 0 atom stereocenters. The van der Waals surface area contributed by atoms with Gasteiger partial charge in [0.15, 0.2) is 6.79 Å². The van der Waals surface area contributed by atoms with E-state index in [1.54, 1.807) is 0 Å². The summed E-state index contributed by atoms with van der Waals surface area (Å²) in [4.78, 5) is 24.4. The molecule has 7 heteroatoms. The first kappa shape index (κ1) is 17.0. The Morgan fingerprint density at radius 1 is 1.43 bits per heavy atom. The highest BCUT2D eigenvalue weighted by atomic mass is 19.1. The zero-order chi connectivity index (χ0) is 16.8. The molecule has 1 amide bonds. The van der Waals surface area contributed by atoms with Crippen LogP contribution in [0.2, 0.25) is 0 Å². The summed E-state index contributed by atoms with van der Waals surface area (Å²) < 4.78 is 24.2. The molecule has 1 aliphatic rings. The number of benzene rings is 1. The molecule has 1 aromatic rings. The lowest BCUT2D eigenvalue weighted by atomic mass is 10.0. The summed E-state index contributed by atoms with van der Waals surface area (Å²) in [6.07, 6.45) is 1.28. The molecule has 0 bridgehead atoms. The van der Waals surface area contributed by atoms with Crippen LogP contribution < -0.4 is 4.74 Å². The largest absolute Gasteiger partial charge is 0.481 e. The van der Waals surface area contributed by atoms with Crippen molar-refractivity contribution in [2.75, 3.05) is 19.9 Å². The highest BCUT2D eigenvalue weighted by molar-refractivity contribution is 5.80. The molecule has 0 spiro atoms. The average molecular weight is 323 g/mol. The van der Waals surface area contributed by atoms with Gasteiger partial charge >= 0.3 is 5.97 Å². The lowest BCUT2D eigenvalue weighted by Crippen LogP contribution is -2.34. The van der Waals surface area contributed by atoms with Crippen molar-refractivity contribution in [3.63, 3.8) is 0 Å². The molecule has 1 aliphatic heterocycles. The molecule has 0 aromatic heterocycles. The number of carbonyl (C=O) groups excluding carboxylic acids is 1. The topological polar surface area (TPSA) is 76.1 Å². The highest BCUT2D eigenvalue weighted by Gasteiger charge is 2.21. The molecule has 0 aliphatic carbocycles. The molecule has 1 aromatic carbocycles. The van der Waals surface area contributed by atoms with E-state index >= 15 is 0 Å². The van der Waals surface area contributed by atoms with E-state index < -0.39 is 11.8 Å². The third kappa shape index (κ3) is 4.53. The maximum absolute atomic E-state index is 13.7. The molecule has 0 unspecified atom stereocenters. The molecule has 124 valence electrons.